The molecule has 6 heteroatoms. The molecule has 2 amide bonds. The van der Waals surface area contributed by atoms with Gasteiger partial charge in [0.2, 0.25) is 0 Å². The summed E-state index contributed by atoms with van der Waals surface area (Å²) < 4.78 is 0. The Morgan fingerprint density at radius 3 is 2.28 bits per heavy atom. The van der Waals surface area contributed by atoms with E-state index >= 15 is 0 Å². The molecule has 0 saturated heterocycles. The first-order valence-electron chi connectivity index (χ1n) is 6.37. The van der Waals surface area contributed by atoms with Gasteiger partial charge in [-0.2, -0.15) is 0 Å². The number of aliphatic hydroxyl groups excluding tert-OH is 1. The van der Waals surface area contributed by atoms with E-state index < -0.39 is 5.97 Å². The van der Waals surface area contributed by atoms with E-state index in [2.05, 4.69) is 0 Å². The summed E-state index contributed by atoms with van der Waals surface area (Å²) >= 11 is 0. The van der Waals surface area contributed by atoms with Crippen LogP contribution in [0.1, 0.15) is 33.1 Å². The largest absolute Gasteiger partial charge is 0.480 e. The first kappa shape index (κ1) is 14.8. The van der Waals surface area contributed by atoms with Crippen LogP contribution in [0.3, 0.4) is 0 Å². The topological polar surface area (TPSA) is 81.1 Å². The fourth-order valence-corrected chi connectivity index (χ4v) is 2.02. The molecule has 18 heavy (non-hydrogen) atoms. The van der Waals surface area contributed by atoms with Crippen LogP contribution in [0.15, 0.2) is 0 Å². The minimum absolute atomic E-state index is 0.0960. The number of rotatable bonds is 6. The van der Waals surface area contributed by atoms with Crippen LogP contribution in [0.5, 0.6) is 0 Å². The Balaban J connectivity index is 2.73. The number of urea groups is 1. The van der Waals surface area contributed by atoms with Crippen molar-refractivity contribution in [2.75, 3.05) is 19.7 Å². The number of nitrogens with zero attached hydrogens (tertiary/aromatic N) is 2. The van der Waals surface area contributed by atoms with Crippen molar-refractivity contribution in [2.24, 2.45) is 0 Å². The number of aliphatic hydroxyl groups is 1. The molecule has 0 aliphatic heterocycles. The lowest BCUT2D eigenvalue weighted by atomic mass is 9.91. The Morgan fingerprint density at radius 2 is 1.94 bits per heavy atom. The van der Waals surface area contributed by atoms with E-state index in [1.165, 1.54) is 4.90 Å². The van der Waals surface area contributed by atoms with Crippen LogP contribution in [0.25, 0.3) is 0 Å². The highest BCUT2D eigenvalue weighted by molar-refractivity contribution is 5.80. The number of carboxylic acids is 1. The summed E-state index contributed by atoms with van der Waals surface area (Å²) in [5, 5.41) is 17.9. The number of carbonyl (C=O) groups excluding carboxylic acids is 1. The number of aliphatic carboxylic acids is 1. The van der Waals surface area contributed by atoms with Crippen molar-refractivity contribution in [1.29, 1.82) is 0 Å². The van der Waals surface area contributed by atoms with Crippen molar-refractivity contribution < 1.29 is 19.8 Å². The second-order valence-corrected chi connectivity index (χ2v) is 4.90. The van der Waals surface area contributed by atoms with Crippen molar-refractivity contribution in [3.8, 4) is 0 Å². The van der Waals surface area contributed by atoms with E-state index in [1.54, 1.807) is 18.7 Å². The zero-order valence-electron chi connectivity index (χ0n) is 11.0. The number of amides is 2. The zero-order chi connectivity index (χ0) is 13.7. The summed E-state index contributed by atoms with van der Waals surface area (Å²) in [5.74, 6) is -1.02. The second kappa shape index (κ2) is 6.58. The van der Waals surface area contributed by atoms with Gasteiger partial charge in [-0.05, 0) is 33.1 Å². The number of hydrogen-bond donors (Lipinski definition) is 2. The molecule has 0 radical (unpaired) electrons. The number of carbonyl (C=O) groups is 2. The predicted octanol–water partition coefficient (Wildman–Crippen LogP) is 0.748. The van der Waals surface area contributed by atoms with Crippen LogP contribution in [-0.4, -0.2) is 63.8 Å². The van der Waals surface area contributed by atoms with E-state index in [0.717, 1.165) is 19.3 Å². The Bertz CT molecular complexity index is 302. The van der Waals surface area contributed by atoms with Gasteiger partial charge in [0, 0.05) is 18.6 Å². The van der Waals surface area contributed by atoms with Crippen molar-refractivity contribution >= 4 is 12.0 Å². The third kappa shape index (κ3) is 3.60. The smallest absolute Gasteiger partial charge is 0.323 e. The molecule has 0 heterocycles. The molecular weight excluding hydrogens is 236 g/mol. The molecule has 0 spiro atoms. The Morgan fingerprint density at radius 1 is 1.33 bits per heavy atom. The van der Waals surface area contributed by atoms with E-state index in [9.17, 15) is 9.59 Å². The third-order valence-corrected chi connectivity index (χ3v) is 3.28. The highest BCUT2D eigenvalue weighted by atomic mass is 16.4. The summed E-state index contributed by atoms with van der Waals surface area (Å²) in [5.41, 5.74) is 0. The molecule has 0 atom stereocenters. The maximum Gasteiger partial charge on any atom is 0.323 e. The van der Waals surface area contributed by atoms with Gasteiger partial charge in [-0.1, -0.05) is 0 Å². The first-order chi connectivity index (χ1) is 8.47. The summed E-state index contributed by atoms with van der Waals surface area (Å²) in [6.07, 6.45) is 2.95. The first-order valence-corrected chi connectivity index (χ1v) is 6.37. The van der Waals surface area contributed by atoms with E-state index in [4.69, 9.17) is 10.2 Å². The summed E-state index contributed by atoms with van der Waals surface area (Å²) in [4.78, 5) is 26.0. The summed E-state index contributed by atoms with van der Waals surface area (Å²) in [6.45, 7) is 3.45. The lowest BCUT2D eigenvalue weighted by Gasteiger charge is -2.40. The zero-order valence-corrected chi connectivity index (χ0v) is 11.0. The van der Waals surface area contributed by atoms with Gasteiger partial charge in [0.25, 0.3) is 0 Å². The fraction of sp³-hybridized carbons (Fsp3) is 0.833. The molecule has 0 unspecified atom stereocenters. The van der Waals surface area contributed by atoms with Crippen molar-refractivity contribution in [1.82, 2.24) is 9.80 Å². The minimum atomic E-state index is -1.02. The monoisotopic (exact) mass is 258 g/mol. The quantitative estimate of drug-likeness (QED) is 0.736. The molecule has 1 rings (SSSR count). The maximum absolute atomic E-state index is 12.3. The highest BCUT2D eigenvalue weighted by Crippen LogP contribution is 2.25. The fourth-order valence-electron chi connectivity index (χ4n) is 2.02. The van der Waals surface area contributed by atoms with Crippen LogP contribution in [-0.2, 0) is 4.79 Å². The molecule has 0 aromatic carbocycles. The van der Waals surface area contributed by atoms with Gasteiger partial charge in [-0.25, -0.2) is 4.79 Å². The Hall–Kier alpha value is -1.30. The molecule has 2 N–H and O–H groups in total. The van der Waals surface area contributed by atoms with Crippen LogP contribution in [0.2, 0.25) is 0 Å². The lowest BCUT2D eigenvalue weighted by molar-refractivity contribution is -0.138. The van der Waals surface area contributed by atoms with Gasteiger partial charge in [0.1, 0.15) is 6.54 Å². The van der Waals surface area contributed by atoms with Gasteiger partial charge in [-0.3, -0.25) is 4.79 Å². The van der Waals surface area contributed by atoms with Gasteiger partial charge in [0.05, 0.1) is 6.61 Å². The molecule has 0 bridgehead atoms. The van der Waals surface area contributed by atoms with E-state index in [0.29, 0.717) is 0 Å². The molecule has 1 fully saturated rings. The third-order valence-electron chi connectivity index (χ3n) is 3.28. The molecule has 0 aromatic rings. The van der Waals surface area contributed by atoms with Gasteiger partial charge >= 0.3 is 12.0 Å². The molecular formula is C12H22N2O4. The lowest BCUT2D eigenvalue weighted by Crippen LogP contribution is -2.54. The second-order valence-electron chi connectivity index (χ2n) is 4.90. The average Bonchev–Trinajstić information content (AvgIpc) is 2.21. The molecule has 104 valence electrons. The van der Waals surface area contributed by atoms with Gasteiger partial charge in [0.15, 0.2) is 0 Å². The molecule has 6 nitrogen and oxygen atoms in total. The Kier molecular flexibility index (Phi) is 5.40. The summed E-state index contributed by atoms with van der Waals surface area (Å²) in [7, 11) is 0. The van der Waals surface area contributed by atoms with Crippen molar-refractivity contribution in [2.45, 2.75) is 45.2 Å². The van der Waals surface area contributed by atoms with Crippen molar-refractivity contribution in [3.63, 3.8) is 0 Å². The van der Waals surface area contributed by atoms with Crippen LogP contribution in [0, 0.1) is 0 Å². The maximum atomic E-state index is 12.3. The molecule has 1 aliphatic carbocycles. The summed E-state index contributed by atoms with van der Waals surface area (Å²) in [6, 6.07) is -0.305. The number of hydrogen-bond acceptors (Lipinski definition) is 3. The predicted molar refractivity (Wildman–Crippen MR) is 66.3 cm³/mol. The SMILES string of the molecule is CC(C)N(CC(=O)O)C(=O)N(CCO)C1CCC1. The van der Waals surface area contributed by atoms with Crippen LogP contribution >= 0.6 is 0 Å². The highest BCUT2D eigenvalue weighted by Gasteiger charge is 2.32. The van der Waals surface area contributed by atoms with Gasteiger partial charge < -0.3 is 20.0 Å². The molecule has 1 saturated carbocycles. The van der Waals surface area contributed by atoms with Gasteiger partial charge in [-0.15, -0.1) is 0 Å². The molecule has 1 aliphatic rings. The van der Waals surface area contributed by atoms with E-state index in [1.807, 2.05) is 0 Å². The standard InChI is InChI=1S/C12H22N2O4/c1-9(2)14(8-11(16)17)12(18)13(6-7-15)10-4-3-5-10/h9-10,15H,3-8H2,1-2H3,(H,16,17). The normalized spacial score (nSPS) is 15.3. The van der Waals surface area contributed by atoms with Crippen LogP contribution < -0.4 is 0 Å². The van der Waals surface area contributed by atoms with E-state index in [-0.39, 0.29) is 37.8 Å². The minimum Gasteiger partial charge on any atom is -0.480 e. The number of carboxylic acid groups (broad SMARTS) is 1. The average molecular weight is 258 g/mol. The Labute approximate surface area is 107 Å². The molecule has 0 aromatic heterocycles. The van der Waals surface area contributed by atoms with Crippen LogP contribution in [0.4, 0.5) is 4.79 Å². The van der Waals surface area contributed by atoms with Crippen molar-refractivity contribution in [3.05, 3.63) is 0 Å².